The number of ether oxygens (including phenoxy) is 1. The normalized spacial score (nSPS) is 10.5. The zero-order valence-corrected chi connectivity index (χ0v) is 12.3. The van der Waals surface area contributed by atoms with Crippen LogP contribution in [0, 0.1) is 13.8 Å². The number of hydrogen-bond acceptors (Lipinski definition) is 5. The molecule has 3 N–H and O–H groups in total. The highest BCUT2D eigenvalue weighted by atomic mass is 16.5. The van der Waals surface area contributed by atoms with Gasteiger partial charge in [-0.15, -0.1) is 0 Å². The molecular formula is C16H18N2O3. The molecule has 0 bridgehead atoms. The molecule has 0 aliphatic rings. The van der Waals surface area contributed by atoms with Crippen LogP contribution in [-0.2, 0) is 11.3 Å². The van der Waals surface area contributed by atoms with Crippen molar-refractivity contribution in [2.45, 2.75) is 20.5 Å². The number of nitrogen functional groups attached to an aromatic ring is 1. The van der Waals surface area contributed by atoms with Gasteiger partial charge in [0.25, 0.3) is 0 Å². The summed E-state index contributed by atoms with van der Waals surface area (Å²) in [6.45, 7) is 3.37. The molecular weight excluding hydrogens is 268 g/mol. The molecule has 5 nitrogen and oxygen atoms in total. The first-order valence-corrected chi connectivity index (χ1v) is 6.54. The summed E-state index contributed by atoms with van der Waals surface area (Å²) in [5.41, 5.74) is 9.61. The van der Waals surface area contributed by atoms with Crippen molar-refractivity contribution in [3.05, 3.63) is 46.6 Å². The zero-order valence-electron chi connectivity index (χ0n) is 12.3. The molecule has 21 heavy (non-hydrogen) atoms. The van der Waals surface area contributed by atoms with Crippen molar-refractivity contribution in [3.63, 3.8) is 0 Å². The topological polar surface area (TPSA) is 85.4 Å². The summed E-state index contributed by atoms with van der Waals surface area (Å²) in [6, 6.07) is 7.64. The molecule has 0 aliphatic heterocycles. The second-order valence-electron chi connectivity index (χ2n) is 4.83. The van der Waals surface area contributed by atoms with Crippen LogP contribution in [-0.4, -0.2) is 23.2 Å². The Morgan fingerprint density at radius 3 is 2.43 bits per heavy atom. The van der Waals surface area contributed by atoms with E-state index in [0.29, 0.717) is 22.4 Å². The molecule has 0 atom stereocenters. The molecule has 0 radical (unpaired) electrons. The van der Waals surface area contributed by atoms with Crippen molar-refractivity contribution in [2.24, 2.45) is 0 Å². The number of carbonyl (C=O) groups excluding carboxylic acids is 1. The fraction of sp³-hybridized carbons (Fsp3) is 0.250. The number of pyridine rings is 1. The number of methoxy groups -OCH3 is 1. The van der Waals surface area contributed by atoms with Gasteiger partial charge in [-0.05, 0) is 19.4 Å². The van der Waals surface area contributed by atoms with Gasteiger partial charge in [0.2, 0.25) is 0 Å². The Labute approximate surface area is 123 Å². The third-order valence-electron chi connectivity index (χ3n) is 3.40. The second-order valence-corrected chi connectivity index (χ2v) is 4.83. The third kappa shape index (κ3) is 2.73. The highest BCUT2D eigenvalue weighted by Crippen LogP contribution is 2.33. The lowest BCUT2D eigenvalue weighted by Crippen LogP contribution is -2.13. The van der Waals surface area contributed by atoms with Crippen LogP contribution in [0.4, 0.5) is 5.82 Å². The van der Waals surface area contributed by atoms with Crippen molar-refractivity contribution in [2.75, 3.05) is 12.8 Å². The van der Waals surface area contributed by atoms with Crippen LogP contribution in [0.2, 0.25) is 0 Å². The van der Waals surface area contributed by atoms with Crippen LogP contribution in [0.1, 0.15) is 27.2 Å². The van der Waals surface area contributed by atoms with Gasteiger partial charge in [0, 0.05) is 11.1 Å². The van der Waals surface area contributed by atoms with E-state index >= 15 is 0 Å². The minimum absolute atomic E-state index is 0.221. The lowest BCUT2D eigenvalue weighted by molar-refractivity contribution is 0.0600. The molecule has 1 heterocycles. The fourth-order valence-electron chi connectivity index (χ4n) is 2.31. The summed E-state index contributed by atoms with van der Waals surface area (Å²) < 4.78 is 4.84. The van der Waals surface area contributed by atoms with Gasteiger partial charge in [0.05, 0.1) is 25.0 Å². The Kier molecular flexibility index (Phi) is 4.23. The van der Waals surface area contributed by atoms with Gasteiger partial charge in [0.1, 0.15) is 5.82 Å². The highest BCUT2D eigenvalue weighted by molar-refractivity contribution is 6.00. The number of hydrogen-bond donors (Lipinski definition) is 2. The second kappa shape index (κ2) is 5.93. The van der Waals surface area contributed by atoms with Gasteiger partial charge in [-0.2, -0.15) is 0 Å². The number of aryl methyl sites for hydroxylation is 2. The molecule has 0 aliphatic carbocycles. The summed E-state index contributed by atoms with van der Waals surface area (Å²) in [6.07, 6.45) is 0. The number of benzene rings is 1. The van der Waals surface area contributed by atoms with Crippen LogP contribution < -0.4 is 5.73 Å². The number of aromatic nitrogens is 1. The fourth-order valence-corrected chi connectivity index (χ4v) is 2.31. The van der Waals surface area contributed by atoms with Gasteiger partial charge in [-0.25, -0.2) is 9.78 Å². The summed E-state index contributed by atoms with van der Waals surface area (Å²) >= 11 is 0. The quantitative estimate of drug-likeness (QED) is 0.845. The number of rotatable bonds is 3. The Morgan fingerprint density at radius 1 is 1.29 bits per heavy atom. The lowest BCUT2D eigenvalue weighted by Gasteiger charge is -2.16. The number of nitrogens with two attached hydrogens (primary N) is 1. The monoisotopic (exact) mass is 286 g/mol. The molecule has 5 heteroatoms. The van der Waals surface area contributed by atoms with Crippen molar-refractivity contribution in [3.8, 4) is 11.1 Å². The first-order chi connectivity index (χ1) is 9.99. The van der Waals surface area contributed by atoms with E-state index in [2.05, 4.69) is 4.98 Å². The van der Waals surface area contributed by atoms with Gasteiger partial charge in [-0.3, -0.25) is 0 Å². The molecule has 2 rings (SSSR count). The summed E-state index contributed by atoms with van der Waals surface area (Å²) in [7, 11) is 1.32. The molecule has 0 saturated carbocycles. The Bertz CT molecular complexity index is 679. The first-order valence-electron chi connectivity index (χ1n) is 6.54. The zero-order chi connectivity index (χ0) is 15.6. The molecule has 0 saturated heterocycles. The van der Waals surface area contributed by atoms with E-state index in [1.54, 1.807) is 6.92 Å². The molecule has 110 valence electrons. The highest BCUT2D eigenvalue weighted by Gasteiger charge is 2.23. The first kappa shape index (κ1) is 15.0. The molecule has 0 spiro atoms. The van der Waals surface area contributed by atoms with Crippen molar-refractivity contribution >= 4 is 11.8 Å². The smallest absolute Gasteiger partial charge is 0.340 e. The van der Waals surface area contributed by atoms with E-state index in [1.807, 2.05) is 31.2 Å². The summed E-state index contributed by atoms with van der Waals surface area (Å²) in [4.78, 5) is 16.2. The van der Waals surface area contributed by atoms with E-state index in [1.165, 1.54) is 7.11 Å². The number of aliphatic hydroxyl groups excluding tert-OH is 1. The van der Waals surface area contributed by atoms with Crippen molar-refractivity contribution < 1.29 is 14.6 Å². The minimum atomic E-state index is -0.495. The van der Waals surface area contributed by atoms with Crippen molar-refractivity contribution in [1.82, 2.24) is 4.98 Å². The van der Waals surface area contributed by atoms with Crippen LogP contribution in [0.15, 0.2) is 24.3 Å². The standard InChI is InChI=1S/C16H18N2O3/c1-9-4-6-11(7-5-9)14-12(8-19)15(17)18-10(2)13(14)16(20)21-3/h4-7,19H,8H2,1-3H3,(H2,17,18). The molecule has 0 fully saturated rings. The number of carbonyl (C=O) groups is 1. The van der Waals surface area contributed by atoms with Crippen LogP contribution in [0.25, 0.3) is 11.1 Å². The van der Waals surface area contributed by atoms with Gasteiger partial charge < -0.3 is 15.6 Å². The molecule has 1 aromatic carbocycles. The van der Waals surface area contributed by atoms with Crippen LogP contribution in [0.5, 0.6) is 0 Å². The van der Waals surface area contributed by atoms with Gasteiger partial charge in [0.15, 0.2) is 0 Å². The predicted molar refractivity (Wildman–Crippen MR) is 80.8 cm³/mol. The number of anilines is 1. The average molecular weight is 286 g/mol. The maximum absolute atomic E-state index is 12.1. The van der Waals surface area contributed by atoms with Gasteiger partial charge >= 0.3 is 5.97 Å². The van der Waals surface area contributed by atoms with E-state index in [9.17, 15) is 9.90 Å². The maximum Gasteiger partial charge on any atom is 0.340 e. The Hall–Kier alpha value is -2.40. The van der Waals surface area contributed by atoms with Crippen LogP contribution in [0.3, 0.4) is 0 Å². The van der Waals surface area contributed by atoms with E-state index < -0.39 is 5.97 Å². The summed E-state index contributed by atoms with van der Waals surface area (Å²) in [5.74, 6) is -0.275. The minimum Gasteiger partial charge on any atom is -0.465 e. The van der Waals surface area contributed by atoms with E-state index in [4.69, 9.17) is 10.5 Å². The van der Waals surface area contributed by atoms with E-state index in [-0.39, 0.29) is 12.4 Å². The van der Waals surface area contributed by atoms with E-state index in [0.717, 1.165) is 11.1 Å². The SMILES string of the molecule is COC(=O)c1c(C)nc(N)c(CO)c1-c1ccc(C)cc1. The molecule has 2 aromatic rings. The number of nitrogens with zero attached hydrogens (tertiary/aromatic N) is 1. The molecule has 1 aromatic heterocycles. The van der Waals surface area contributed by atoms with Gasteiger partial charge in [-0.1, -0.05) is 29.8 Å². The Morgan fingerprint density at radius 2 is 1.90 bits per heavy atom. The molecule has 0 amide bonds. The summed E-state index contributed by atoms with van der Waals surface area (Å²) in [5, 5.41) is 9.61. The Balaban J connectivity index is 2.82. The van der Waals surface area contributed by atoms with Crippen LogP contribution >= 0.6 is 0 Å². The average Bonchev–Trinajstić information content (AvgIpc) is 2.46. The number of esters is 1. The lowest BCUT2D eigenvalue weighted by atomic mass is 9.93. The third-order valence-corrected chi connectivity index (χ3v) is 3.40. The maximum atomic E-state index is 12.1. The number of aliphatic hydroxyl groups is 1. The predicted octanol–water partition coefficient (Wildman–Crippen LogP) is 2.23. The largest absolute Gasteiger partial charge is 0.465 e. The molecule has 0 unspecified atom stereocenters. The van der Waals surface area contributed by atoms with Crippen molar-refractivity contribution in [1.29, 1.82) is 0 Å².